The first-order chi connectivity index (χ1) is 7.61. The van der Waals surface area contributed by atoms with Crippen LogP contribution in [0.4, 0.5) is 0 Å². The maximum absolute atomic E-state index is 2.72. The molecule has 1 saturated heterocycles. The van der Waals surface area contributed by atoms with Crippen LogP contribution < -0.4 is 0 Å². The van der Waals surface area contributed by atoms with Gasteiger partial charge in [0.1, 0.15) is 0 Å². The smallest absolute Gasteiger partial charge is 0.00359 e. The van der Waals surface area contributed by atoms with Crippen molar-refractivity contribution in [2.45, 2.75) is 82.6 Å². The van der Waals surface area contributed by atoms with Gasteiger partial charge in [0, 0.05) is 19.6 Å². The average Bonchev–Trinajstić information content (AvgIpc) is 2.14. The third-order valence-electron chi connectivity index (χ3n) is 4.47. The Labute approximate surface area is 124 Å². The summed E-state index contributed by atoms with van der Waals surface area (Å²) in [7, 11) is 0. The number of nitrogens with zero attached hydrogens (tertiary/aromatic N) is 1. The molecule has 0 aromatic carbocycles. The van der Waals surface area contributed by atoms with Gasteiger partial charge in [-0.25, -0.2) is 0 Å². The molecular weight excluding hydrogens is 230 g/mol. The minimum atomic E-state index is 0. The quantitative estimate of drug-likeness (QED) is 0.623. The van der Waals surface area contributed by atoms with E-state index >= 15 is 0 Å². The summed E-state index contributed by atoms with van der Waals surface area (Å²) in [5.41, 5.74) is 1.46. The summed E-state index contributed by atoms with van der Waals surface area (Å²) in [6, 6.07) is 0. The fourth-order valence-electron chi connectivity index (χ4n) is 3.53. The summed E-state index contributed by atoms with van der Waals surface area (Å²) in [5.74, 6) is 0. The van der Waals surface area contributed by atoms with Crippen molar-refractivity contribution in [3.05, 3.63) is 0 Å². The second-order valence-electron chi connectivity index (χ2n) is 8.21. The van der Waals surface area contributed by atoms with Crippen LogP contribution in [0.15, 0.2) is 0 Å². The van der Waals surface area contributed by atoms with Crippen molar-refractivity contribution in [3.8, 4) is 0 Å². The van der Waals surface area contributed by atoms with Crippen LogP contribution in [0.3, 0.4) is 0 Å². The molecule has 2 atom stereocenters. The number of hydrogen-bond acceptors (Lipinski definition) is 1. The SMILES string of the molecule is C.C.CCC1(C)CN(CC(C)(C)C)CC(C)(CC)C1. The van der Waals surface area contributed by atoms with E-state index in [0.29, 0.717) is 16.2 Å². The Bertz CT molecular complexity index is 235. The maximum Gasteiger partial charge on any atom is 0.00359 e. The molecular formula is C18H41N. The van der Waals surface area contributed by atoms with Crippen LogP contribution in [0.2, 0.25) is 0 Å². The molecule has 0 amide bonds. The van der Waals surface area contributed by atoms with Gasteiger partial charge in [0.25, 0.3) is 0 Å². The molecule has 0 saturated carbocycles. The Kier molecular flexibility index (Phi) is 7.95. The van der Waals surface area contributed by atoms with Crippen molar-refractivity contribution in [3.63, 3.8) is 0 Å². The summed E-state index contributed by atoms with van der Waals surface area (Å²) >= 11 is 0. The molecule has 0 N–H and O–H groups in total. The molecule has 0 radical (unpaired) electrons. The van der Waals surface area contributed by atoms with Crippen LogP contribution in [0.1, 0.15) is 82.6 Å². The number of likely N-dealkylation sites (tertiary alicyclic amines) is 1. The van der Waals surface area contributed by atoms with E-state index in [-0.39, 0.29) is 14.9 Å². The van der Waals surface area contributed by atoms with Crippen molar-refractivity contribution < 1.29 is 0 Å². The zero-order valence-corrected chi connectivity index (χ0v) is 13.2. The fraction of sp³-hybridized carbons (Fsp3) is 1.00. The first-order valence-electron chi connectivity index (χ1n) is 7.34. The first-order valence-corrected chi connectivity index (χ1v) is 7.34. The van der Waals surface area contributed by atoms with Crippen molar-refractivity contribution >= 4 is 0 Å². The third-order valence-corrected chi connectivity index (χ3v) is 4.47. The maximum atomic E-state index is 2.72. The van der Waals surface area contributed by atoms with Crippen molar-refractivity contribution in [2.75, 3.05) is 19.6 Å². The lowest BCUT2D eigenvalue weighted by Crippen LogP contribution is -2.52. The van der Waals surface area contributed by atoms with E-state index in [1.54, 1.807) is 0 Å². The Morgan fingerprint density at radius 2 is 1.26 bits per heavy atom. The predicted molar refractivity (Wildman–Crippen MR) is 90.8 cm³/mol. The fourth-order valence-corrected chi connectivity index (χ4v) is 3.53. The standard InChI is InChI=1S/C16H33N.2CH4/c1-8-15(6)10-16(7,9-2)13-17(12-15)11-14(3,4)5;;/h8-13H2,1-7H3;2*1H4. The van der Waals surface area contributed by atoms with Crippen molar-refractivity contribution in [1.82, 2.24) is 4.90 Å². The first kappa shape index (κ1) is 21.3. The second kappa shape index (κ2) is 7.11. The van der Waals surface area contributed by atoms with Crippen molar-refractivity contribution in [1.29, 1.82) is 0 Å². The van der Waals surface area contributed by atoms with Gasteiger partial charge in [0.2, 0.25) is 0 Å². The van der Waals surface area contributed by atoms with Gasteiger partial charge in [-0.3, -0.25) is 0 Å². The lowest BCUT2D eigenvalue weighted by atomic mass is 9.66. The number of piperidine rings is 1. The third kappa shape index (κ3) is 6.29. The molecule has 1 aliphatic heterocycles. The summed E-state index contributed by atoms with van der Waals surface area (Å²) in [4.78, 5) is 2.72. The van der Waals surface area contributed by atoms with Crippen LogP contribution in [-0.4, -0.2) is 24.5 Å². The van der Waals surface area contributed by atoms with E-state index in [0.717, 1.165) is 0 Å². The van der Waals surface area contributed by atoms with Crippen molar-refractivity contribution in [2.24, 2.45) is 16.2 Å². The van der Waals surface area contributed by atoms with Crippen LogP contribution in [0.5, 0.6) is 0 Å². The summed E-state index contributed by atoms with van der Waals surface area (Å²) in [5, 5.41) is 0. The minimum Gasteiger partial charge on any atom is -0.302 e. The molecule has 0 aliphatic carbocycles. The highest BCUT2D eigenvalue weighted by Crippen LogP contribution is 2.44. The Morgan fingerprint density at radius 3 is 1.53 bits per heavy atom. The normalized spacial score (nSPS) is 32.4. The highest BCUT2D eigenvalue weighted by molar-refractivity contribution is 4.93. The lowest BCUT2D eigenvalue weighted by molar-refractivity contribution is -0.0116. The second-order valence-corrected chi connectivity index (χ2v) is 8.21. The summed E-state index contributed by atoms with van der Waals surface area (Å²) < 4.78 is 0. The highest BCUT2D eigenvalue weighted by atomic mass is 15.2. The number of hydrogen-bond donors (Lipinski definition) is 0. The zero-order valence-electron chi connectivity index (χ0n) is 13.2. The Hall–Kier alpha value is -0.0400. The van der Waals surface area contributed by atoms with Gasteiger partial charge >= 0.3 is 0 Å². The average molecular weight is 272 g/mol. The minimum absolute atomic E-state index is 0. The van der Waals surface area contributed by atoms with Gasteiger partial charge in [-0.2, -0.15) is 0 Å². The van der Waals surface area contributed by atoms with E-state index in [2.05, 4.69) is 53.4 Å². The van der Waals surface area contributed by atoms with Crippen LogP contribution in [0.25, 0.3) is 0 Å². The van der Waals surface area contributed by atoms with E-state index in [4.69, 9.17) is 0 Å². The van der Waals surface area contributed by atoms with Gasteiger partial charge in [-0.1, -0.05) is 63.3 Å². The molecule has 1 fully saturated rings. The van der Waals surface area contributed by atoms with Gasteiger partial charge in [-0.05, 0) is 35.5 Å². The Balaban J connectivity index is 0. The molecule has 1 heterocycles. The van der Waals surface area contributed by atoms with Crippen LogP contribution in [-0.2, 0) is 0 Å². The van der Waals surface area contributed by atoms with Crippen LogP contribution in [0, 0.1) is 16.2 Å². The number of rotatable bonds is 3. The Morgan fingerprint density at radius 1 is 0.895 bits per heavy atom. The molecule has 0 aromatic heterocycles. The van der Waals surface area contributed by atoms with E-state index in [1.807, 2.05) is 0 Å². The monoisotopic (exact) mass is 271 g/mol. The molecule has 1 rings (SSSR count). The lowest BCUT2D eigenvalue weighted by Gasteiger charge is -2.51. The van der Waals surface area contributed by atoms with E-state index in [9.17, 15) is 0 Å². The summed E-state index contributed by atoms with van der Waals surface area (Å²) in [6.07, 6.45) is 4.01. The van der Waals surface area contributed by atoms with E-state index < -0.39 is 0 Å². The van der Waals surface area contributed by atoms with Crippen LogP contribution >= 0.6 is 0 Å². The van der Waals surface area contributed by atoms with Gasteiger partial charge < -0.3 is 4.90 Å². The predicted octanol–water partition coefficient (Wildman–Crippen LogP) is 5.84. The molecule has 0 spiro atoms. The molecule has 1 aliphatic rings. The topological polar surface area (TPSA) is 3.24 Å². The van der Waals surface area contributed by atoms with Gasteiger partial charge in [-0.15, -0.1) is 0 Å². The van der Waals surface area contributed by atoms with Gasteiger partial charge in [0.15, 0.2) is 0 Å². The molecule has 0 bridgehead atoms. The van der Waals surface area contributed by atoms with Gasteiger partial charge in [0.05, 0.1) is 0 Å². The zero-order chi connectivity index (χ0) is 13.3. The molecule has 1 heteroatoms. The summed E-state index contributed by atoms with van der Waals surface area (Å²) in [6.45, 7) is 20.6. The largest absolute Gasteiger partial charge is 0.302 e. The molecule has 118 valence electrons. The highest BCUT2D eigenvalue weighted by Gasteiger charge is 2.41. The molecule has 1 nitrogen and oxygen atoms in total. The molecule has 19 heavy (non-hydrogen) atoms. The van der Waals surface area contributed by atoms with E-state index in [1.165, 1.54) is 38.9 Å². The molecule has 0 aromatic rings. The molecule has 2 unspecified atom stereocenters.